The molecule has 0 N–H and O–H groups in total. The van der Waals surface area contributed by atoms with Gasteiger partial charge in [0.15, 0.2) is 0 Å². The smallest absolute Gasteiger partial charge is 0.410 e. The molecule has 0 saturated carbocycles. The van der Waals surface area contributed by atoms with E-state index in [1.54, 1.807) is 0 Å². The maximum Gasteiger partial charge on any atom is 0.410 e. The van der Waals surface area contributed by atoms with Crippen LogP contribution in [0.2, 0.25) is 0 Å². The van der Waals surface area contributed by atoms with Crippen molar-refractivity contribution >= 4 is 11.9 Å². The topological polar surface area (TPSA) is 71.1 Å². The van der Waals surface area contributed by atoms with E-state index >= 15 is 0 Å². The average Bonchev–Trinajstić information content (AvgIpc) is 2.72. The molecule has 0 unspecified atom stereocenters. The summed E-state index contributed by atoms with van der Waals surface area (Å²) in [5.74, 6) is -42.8. The minimum Gasteiger partial charge on any atom is -0.502 e. The van der Waals surface area contributed by atoms with Gasteiger partial charge in [-0.2, -0.15) is 43.9 Å². The van der Waals surface area contributed by atoms with Crippen LogP contribution >= 0.6 is 0 Å². The van der Waals surface area contributed by atoms with Crippen LogP contribution in [0.3, 0.4) is 0 Å². The Hall–Kier alpha value is -2.68. The highest BCUT2D eigenvalue weighted by atomic mass is 19.4. The lowest BCUT2D eigenvalue weighted by Crippen LogP contribution is -2.70. The first-order chi connectivity index (χ1) is 15.0. The molecule has 0 radical (unpaired) electrons. The Morgan fingerprint density at radius 2 is 0.939 bits per heavy atom. The van der Waals surface area contributed by atoms with Crippen LogP contribution in [0, 0.1) is 0 Å². The summed E-state index contributed by atoms with van der Waals surface area (Å²) in [6.07, 6.45) is 1.34. The van der Waals surface area contributed by atoms with Crippen molar-refractivity contribution in [2.45, 2.75) is 42.5 Å². The molecule has 0 aromatic rings. The van der Waals surface area contributed by atoms with Crippen molar-refractivity contribution in [1.29, 1.82) is 0 Å². The van der Waals surface area contributed by atoms with Crippen LogP contribution in [0.25, 0.3) is 0 Å². The fourth-order valence-corrected chi connectivity index (χ4v) is 1.83. The van der Waals surface area contributed by atoms with Gasteiger partial charge in [0.2, 0.25) is 0 Å². The lowest BCUT2D eigenvalue weighted by atomic mass is 9.94. The zero-order valence-corrected chi connectivity index (χ0v) is 16.5. The number of ether oxygens (including phenoxy) is 4. The fourth-order valence-electron chi connectivity index (χ4n) is 1.83. The maximum absolute atomic E-state index is 13.7. The van der Waals surface area contributed by atoms with Gasteiger partial charge in [0, 0.05) is 0 Å². The lowest BCUT2D eigenvalue weighted by molar-refractivity contribution is -0.392. The van der Waals surface area contributed by atoms with Gasteiger partial charge in [0.1, 0.15) is 13.2 Å². The van der Waals surface area contributed by atoms with Gasteiger partial charge in [-0.1, -0.05) is 13.2 Å². The maximum atomic E-state index is 13.7. The van der Waals surface area contributed by atoms with Crippen LogP contribution in [-0.4, -0.2) is 68.0 Å². The minimum absolute atomic E-state index is 0.0122. The SMILES string of the molecule is C=COCCCCOC(=O)C(F)(F)C(F)(F)C(F)(F)C(F)(F)C(F)(F)C(=O)OCCOC=C. The van der Waals surface area contributed by atoms with Gasteiger partial charge in [0.25, 0.3) is 0 Å². The van der Waals surface area contributed by atoms with Crippen LogP contribution in [0.15, 0.2) is 25.7 Å². The third-order valence-corrected chi connectivity index (χ3v) is 3.65. The van der Waals surface area contributed by atoms with E-state index in [1.807, 2.05) is 0 Å². The molecule has 16 heteroatoms. The number of carbonyl (C=O) groups excluding carboxylic acids is 2. The summed E-state index contributed by atoms with van der Waals surface area (Å²) in [4.78, 5) is 22.3. The summed E-state index contributed by atoms with van der Waals surface area (Å²) in [5.41, 5.74) is 0. The van der Waals surface area contributed by atoms with Crippen molar-refractivity contribution in [3.63, 3.8) is 0 Å². The van der Waals surface area contributed by atoms with Crippen molar-refractivity contribution in [1.82, 2.24) is 0 Å². The van der Waals surface area contributed by atoms with Gasteiger partial charge in [-0.05, 0) is 12.8 Å². The van der Waals surface area contributed by atoms with Crippen molar-refractivity contribution in [2.75, 3.05) is 26.4 Å². The molecule has 0 fully saturated rings. The second kappa shape index (κ2) is 11.4. The molecule has 0 atom stereocenters. The number of alkyl halides is 10. The van der Waals surface area contributed by atoms with Crippen LogP contribution in [0.5, 0.6) is 0 Å². The number of rotatable bonds is 16. The largest absolute Gasteiger partial charge is 0.502 e. The first-order valence-corrected chi connectivity index (χ1v) is 8.65. The molecule has 0 aliphatic carbocycles. The van der Waals surface area contributed by atoms with Crippen molar-refractivity contribution in [2.24, 2.45) is 0 Å². The first kappa shape index (κ1) is 30.3. The zero-order chi connectivity index (χ0) is 26.1. The van der Waals surface area contributed by atoms with Crippen molar-refractivity contribution in [3.05, 3.63) is 25.7 Å². The normalized spacial score (nSPS) is 13.2. The predicted octanol–water partition coefficient (Wildman–Crippen LogP) is 4.35. The van der Waals surface area contributed by atoms with E-state index in [1.165, 1.54) is 0 Å². The summed E-state index contributed by atoms with van der Waals surface area (Å²) in [6.45, 7) is 2.97. The van der Waals surface area contributed by atoms with Gasteiger partial charge in [0.05, 0.1) is 25.7 Å². The Morgan fingerprint density at radius 3 is 1.36 bits per heavy atom. The minimum atomic E-state index is -7.64. The van der Waals surface area contributed by atoms with E-state index in [-0.39, 0.29) is 19.4 Å². The van der Waals surface area contributed by atoms with E-state index in [9.17, 15) is 53.5 Å². The molecule has 33 heavy (non-hydrogen) atoms. The zero-order valence-electron chi connectivity index (χ0n) is 16.5. The van der Waals surface area contributed by atoms with Crippen LogP contribution in [-0.2, 0) is 28.5 Å². The fraction of sp³-hybridized carbons (Fsp3) is 0.647. The molecular formula is C17H18F10O6. The standard InChI is InChI=1S/C17H18F10O6/c1-3-30-7-5-6-8-32-11(28)13(18,19)15(22,23)17(26,27)16(24,25)14(20,21)12(29)33-10-9-31-4-2/h3-4H,1-2,5-10H2. The number of halogens is 10. The Kier molecular flexibility index (Phi) is 10.5. The number of hydrogen-bond acceptors (Lipinski definition) is 6. The van der Waals surface area contributed by atoms with Gasteiger partial charge in [-0.15, -0.1) is 0 Å². The second-order valence-electron chi connectivity index (χ2n) is 5.93. The number of esters is 2. The highest BCUT2D eigenvalue weighted by Crippen LogP contribution is 2.57. The summed E-state index contributed by atoms with van der Waals surface area (Å²) in [6, 6.07) is 0. The van der Waals surface area contributed by atoms with Crippen molar-refractivity contribution < 1.29 is 72.4 Å². The third kappa shape index (κ3) is 6.22. The Bertz CT molecular complexity index is 696. The molecular weight excluding hydrogens is 490 g/mol. The molecule has 0 aliphatic rings. The Labute approximate surface area is 180 Å². The number of carbonyl (C=O) groups is 2. The predicted molar refractivity (Wildman–Crippen MR) is 88.2 cm³/mol. The quantitative estimate of drug-likeness (QED) is 0.134. The van der Waals surface area contributed by atoms with Gasteiger partial charge < -0.3 is 18.9 Å². The molecule has 0 bridgehead atoms. The summed E-state index contributed by atoms with van der Waals surface area (Å²) < 4.78 is 153. The van der Waals surface area contributed by atoms with E-state index in [4.69, 9.17) is 0 Å². The molecule has 0 amide bonds. The molecule has 0 rings (SSSR count). The van der Waals surface area contributed by atoms with Gasteiger partial charge in [-0.3, -0.25) is 0 Å². The molecule has 0 heterocycles. The van der Waals surface area contributed by atoms with Crippen LogP contribution < -0.4 is 0 Å². The Morgan fingerprint density at radius 1 is 0.576 bits per heavy atom. The van der Waals surface area contributed by atoms with E-state index in [0.717, 1.165) is 6.26 Å². The molecule has 6 nitrogen and oxygen atoms in total. The molecule has 0 aromatic heterocycles. The Balaban J connectivity index is 5.59. The molecule has 0 spiro atoms. The summed E-state index contributed by atoms with van der Waals surface area (Å²) in [7, 11) is 0. The van der Waals surface area contributed by atoms with E-state index in [2.05, 4.69) is 32.1 Å². The highest BCUT2D eigenvalue weighted by molar-refractivity contribution is 5.81. The first-order valence-electron chi connectivity index (χ1n) is 8.65. The third-order valence-electron chi connectivity index (χ3n) is 3.65. The van der Waals surface area contributed by atoms with Gasteiger partial charge >= 0.3 is 41.6 Å². The molecule has 0 aromatic carbocycles. The molecule has 0 aliphatic heterocycles. The van der Waals surface area contributed by atoms with E-state index < -0.39 is 61.4 Å². The lowest BCUT2D eigenvalue weighted by Gasteiger charge is -2.37. The second-order valence-corrected chi connectivity index (χ2v) is 5.93. The van der Waals surface area contributed by atoms with Crippen LogP contribution in [0.1, 0.15) is 12.8 Å². The van der Waals surface area contributed by atoms with E-state index in [0.29, 0.717) is 6.26 Å². The highest BCUT2D eigenvalue weighted by Gasteiger charge is 2.89. The van der Waals surface area contributed by atoms with Crippen LogP contribution in [0.4, 0.5) is 43.9 Å². The van der Waals surface area contributed by atoms with Gasteiger partial charge in [-0.25, -0.2) is 9.59 Å². The average molecular weight is 508 g/mol. The number of unbranched alkanes of at least 4 members (excludes halogenated alkanes) is 1. The number of hydrogen-bond donors (Lipinski definition) is 0. The monoisotopic (exact) mass is 508 g/mol. The summed E-state index contributed by atoms with van der Waals surface area (Å²) >= 11 is 0. The van der Waals surface area contributed by atoms with Crippen molar-refractivity contribution in [3.8, 4) is 0 Å². The summed E-state index contributed by atoms with van der Waals surface area (Å²) in [5, 5.41) is 0. The molecule has 0 saturated heterocycles. The molecule has 192 valence electrons.